The maximum atomic E-state index is 5.59. The summed E-state index contributed by atoms with van der Waals surface area (Å²) in [4.78, 5) is 0. The molecule has 0 aromatic heterocycles. The molecule has 0 radical (unpaired) electrons. The van der Waals surface area contributed by atoms with Gasteiger partial charge in [-0.05, 0) is 5.30 Å². The van der Waals surface area contributed by atoms with Crippen molar-refractivity contribution in [2.75, 3.05) is 0 Å². The van der Waals surface area contributed by atoms with E-state index in [0.29, 0.717) is 8.58 Å². The van der Waals surface area contributed by atoms with E-state index in [0.717, 1.165) is 0 Å². The standard InChI is InChI=1S/C7H7Cl2P/c8-7(9)10-6-4-2-1-3-5-6/h1-5,7,10H. The Morgan fingerprint density at radius 1 is 1.10 bits per heavy atom. The minimum atomic E-state index is -0.262. The summed E-state index contributed by atoms with van der Waals surface area (Å²) in [6.45, 7) is 0. The van der Waals surface area contributed by atoms with E-state index >= 15 is 0 Å². The highest BCUT2D eigenvalue weighted by Gasteiger charge is 1.98. The van der Waals surface area contributed by atoms with Crippen LogP contribution >= 0.6 is 31.8 Å². The summed E-state index contributed by atoms with van der Waals surface area (Å²) in [6, 6.07) is 9.99. The SMILES string of the molecule is ClC(Cl)Pc1ccccc1. The quantitative estimate of drug-likeness (QED) is 0.500. The van der Waals surface area contributed by atoms with Crippen molar-refractivity contribution in [3.63, 3.8) is 0 Å². The smallest absolute Gasteiger partial charge is 0.100 e. The van der Waals surface area contributed by atoms with Crippen LogP contribution < -0.4 is 5.30 Å². The summed E-state index contributed by atoms with van der Waals surface area (Å²) in [5, 5.41) is 1.21. The van der Waals surface area contributed by atoms with Crippen molar-refractivity contribution in [1.82, 2.24) is 0 Å². The molecule has 0 aliphatic carbocycles. The van der Waals surface area contributed by atoms with Crippen LogP contribution in [0, 0.1) is 0 Å². The Morgan fingerprint density at radius 3 is 2.20 bits per heavy atom. The molecular weight excluding hydrogens is 186 g/mol. The molecule has 0 saturated carbocycles. The summed E-state index contributed by atoms with van der Waals surface area (Å²) in [6.07, 6.45) is 0. The van der Waals surface area contributed by atoms with E-state index in [1.54, 1.807) is 0 Å². The lowest BCUT2D eigenvalue weighted by molar-refractivity contribution is 1.77. The van der Waals surface area contributed by atoms with Crippen LogP contribution in [-0.4, -0.2) is 4.58 Å². The lowest BCUT2D eigenvalue weighted by Gasteiger charge is -1.99. The predicted molar refractivity (Wildman–Crippen MR) is 49.9 cm³/mol. The molecule has 0 bridgehead atoms. The van der Waals surface area contributed by atoms with Crippen molar-refractivity contribution in [2.24, 2.45) is 0 Å². The lowest BCUT2D eigenvalue weighted by Crippen LogP contribution is -1.93. The van der Waals surface area contributed by atoms with E-state index in [1.807, 2.05) is 30.3 Å². The zero-order valence-corrected chi connectivity index (χ0v) is 7.73. The average Bonchev–Trinajstić information content (AvgIpc) is 1.88. The highest BCUT2D eigenvalue weighted by molar-refractivity contribution is 7.52. The van der Waals surface area contributed by atoms with Gasteiger partial charge in [0.25, 0.3) is 0 Å². The fourth-order valence-electron chi connectivity index (χ4n) is 0.660. The van der Waals surface area contributed by atoms with Gasteiger partial charge in [0, 0.05) is 0 Å². The van der Waals surface area contributed by atoms with Crippen molar-refractivity contribution >= 4 is 37.1 Å². The molecule has 0 fully saturated rings. The molecule has 0 spiro atoms. The van der Waals surface area contributed by atoms with E-state index in [1.165, 1.54) is 5.30 Å². The molecule has 0 nitrogen and oxygen atoms in total. The minimum absolute atomic E-state index is 0.262. The fourth-order valence-corrected chi connectivity index (χ4v) is 2.05. The molecule has 0 saturated heterocycles. The van der Waals surface area contributed by atoms with Crippen LogP contribution in [0.1, 0.15) is 0 Å². The van der Waals surface area contributed by atoms with E-state index in [9.17, 15) is 0 Å². The Balaban J connectivity index is 2.59. The summed E-state index contributed by atoms with van der Waals surface area (Å²) in [7, 11) is 0.492. The van der Waals surface area contributed by atoms with Gasteiger partial charge in [-0.15, -0.1) is 23.2 Å². The average molecular weight is 193 g/mol. The van der Waals surface area contributed by atoms with Gasteiger partial charge < -0.3 is 0 Å². The van der Waals surface area contributed by atoms with E-state index in [-0.39, 0.29) is 4.58 Å². The van der Waals surface area contributed by atoms with E-state index < -0.39 is 0 Å². The molecule has 1 unspecified atom stereocenters. The van der Waals surface area contributed by atoms with Crippen molar-refractivity contribution in [3.05, 3.63) is 30.3 Å². The van der Waals surface area contributed by atoms with Crippen LogP contribution in [0.15, 0.2) is 30.3 Å². The summed E-state index contributed by atoms with van der Waals surface area (Å²) in [5.74, 6) is 0. The minimum Gasteiger partial charge on any atom is -0.100 e. The normalized spacial score (nSPS) is 11.5. The second-order valence-electron chi connectivity index (χ2n) is 1.81. The molecule has 0 amide bonds. The van der Waals surface area contributed by atoms with Gasteiger partial charge in [-0.1, -0.05) is 38.9 Å². The van der Waals surface area contributed by atoms with Crippen LogP contribution in [-0.2, 0) is 0 Å². The second-order valence-corrected chi connectivity index (χ2v) is 5.08. The van der Waals surface area contributed by atoms with Crippen molar-refractivity contribution in [1.29, 1.82) is 0 Å². The van der Waals surface area contributed by atoms with Gasteiger partial charge in [0.1, 0.15) is 4.58 Å². The third kappa shape index (κ3) is 2.88. The first-order valence-corrected chi connectivity index (χ1v) is 4.84. The Bertz CT molecular complexity index is 186. The van der Waals surface area contributed by atoms with Gasteiger partial charge >= 0.3 is 0 Å². The topological polar surface area (TPSA) is 0 Å². The third-order valence-electron chi connectivity index (χ3n) is 1.05. The molecule has 10 heavy (non-hydrogen) atoms. The third-order valence-corrected chi connectivity index (χ3v) is 2.59. The van der Waals surface area contributed by atoms with Crippen LogP contribution in [0.4, 0.5) is 0 Å². The first-order valence-electron chi connectivity index (χ1n) is 2.89. The molecule has 1 atom stereocenters. The first-order chi connectivity index (χ1) is 4.79. The number of rotatable bonds is 2. The second kappa shape index (κ2) is 4.18. The van der Waals surface area contributed by atoms with E-state index in [2.05, 4.69) is 0 Å². The maximum absolute atomic E-state index is 5.59. The highest BCUT2D eigenvalue weighted by atomic mass is 35.5. The number of benzene rings is 1. The molecule has 1 aromatic rings. The Hall–Kier alpha value is 0.230. The Morgan fingerprint density at radius 2 is 1.70 bits per heavy atom. The predicted octanol–water partition coefficient (Wildman–Crippen LogP) is 2.75. The number of alkyl halides is 2. The fraction of sp³-hybridized carbons (Fsp3) is 0.143. The van der Waals surface area contributed by atoms with Gasteiger partial charge in [-0.2, -0.15) is 0 Å². The molecule has 0 aliphatic heterocycles. The Kier molecular flexibility index (Phi) is 3.48. The first kappa shape index (κ1) is 8.33. The van der Waals surface area contributed by atoms with Gasteiger partial charge in [0.2, 0.25) is 0 Å². The monoisotopic (exact) mass is 192 g/mol. The number of hydrogen-bond acceptors (Lipinski definition) is 0. The van der Waals surface area contributed by atoms with Crippen LogP contribution in [0.5, 0.6) is 0 Å². The summed E-state index contributed by atoms with van der Waals surface area (Å²) >= 11 is 11.2. The maximum Gasteiger partial charge on any atom is 0.127 e. The van der Waals surface area contributed by atoms with Crippen molar-refractivity contribution in [2.45, 2.75) is 4.58 Å². The highest BCUT2D eigenvalue weighted by Crippen LogP contribution is 2.24. The van der Waals surface area contributed by atoms with Gasteiger partial charge in [0.05, 0.1) is 0 Å². The van der Waals surface area contributed by atoms with Crippen molar-refractivity contribution < 1.29 is 0 Å². The van der Waals surface area contributed by atoms with Gasteiger partial charge in [-0.3, -0.25) is 0 Å². The van der Waals surface area contributed by atoms with Crippen LogP contribution in [0.3, 0.4) is 0 Å². The van der Waals surface area contributed by atoms with Crippen LogP contribution in [0.25, 0.3) is 0 Å². The van der Waals surface area contributed by atoms with E-state index in [4.69, 9.17) is 23.2 Å². The zero-order chi connectivity index (χ0) is 7.40. The largest absolute Gasteiger partial charge is 0.127 e. The summed E-state index contributed by atoms with van der Waals surface area (Å²) < 4.78 is -0.262. The van der Waals surface area contributed by atoms with Crippen LogP contribution in [0.2, 0.25) is 0 Å². The Labute approximate surface area is 72.3 Å². The van der Waals surface area contributed by atoms with Gasteiger partial charge in [-0.25, -0.2) is 0 Å². The number of hydrogen-bond donors (Lipinski definition) is 0. The van der Waals surface area contributed by atoms with Crippen molar-refractivity contribution in [3.8, 4) is 0 Å². The molecule has 1 aromatic carbocycles. The molecule has 54 valence electrons. The zero-order valence-electron chi connectivity index (χ0n) is 5.22. The molecule has 0 aliphatic rings. The molecule has 0 N–H and O–H groups in total. The summed E-state index contributed by atoms with van der Waals surface area (Å²) in [5.41, 5.74) is 0. The molecule has 3 heteroatoms. The van der Waals surface area contributed by atoms with Gasteiger partial charge in [0.15, 0.2) is 0 Å². The lowest BCUT2D eigenvalue weighted by atomic mass is 10.4. The number of halogens is 2. The molecule has 1 rings (SSSR count). The molecule has 0 heterocycles. The molecular formula is C7H7Cl2P.